The van der Waals surface area contributed by atoms with Crippen molar-refractivity contribution >= 4 is 52.8 Å². The van der Waals surface area contributed by atoms with E-state index in [4.69, 9.17) is 40.0 Å². The van der Waals surface area contributed by atoms with Crippen LogP contribution in [0.15, 0.2) is 48.6 Å². The summed E-state index contributed by atoms with van der Waals surface area (Å²) in [5, 5.41) is 20.8. The Balaban J connectivity index is 0.00000106. The number of anilines is 1. The highest BCUT2D eigenvalue weighted by Crippen LogP contribution is 2.45. The van der Waals surface area contributed by atoms with E-state index in [2.05, 4.69) is 34.0 Å². The van der Waals surface area contributed by atoms with Crippen LogP contribution in [0.2, 0.25) is 5.02 Å². The van der Waals surface area contributed by atoms with Crippen molar-refractivity contribution in [3.63, 3.8) is 0 Å². The number of carbonyl (C=O) groups excluding carboxylic acids is 1. The van der Waals surface area contributed by atoms with Gasteiger partial charge in [-0.25, -0.2) is 20.0 Å². The quantitative estimate of drug-likeness (QED) is 0.0206. The van der Waals surface area contributed by atoms with Crippen molar-refractivity contribution in [3.8, 4) is 6.07 Å². The molecular formula is C30H39Cl2F6N9O. The molecule has 0 aliphatic heterocycles. The smallest absolute Gasteiger partial charge is 0.387 e. The van der Waals surface area contributed by atoms with Crippen LogP contribution in [0.25, 0.3) is 11.8 Å². The second-order valence-electron chi connectivity index (χ2n) is 9.84. The van der Waals surface area contributed by atoms with Gasteiger partial charge in [-0.05, 0) is 63.6 Å². The molecule has 2 rings (SSSR count). The van der Waals surface area contributed by atoms with Crippen molar-refractivity contribution in [2.45, 2.75) is 56.9 Å². The van der Waals surface area contributed by atoms with Gasteiger partial charge in [0.15, 0.2) is 12.1 Å². The van der Waals surface area contributed by atoms with Crippen LogP contribution in [0.5, 0.6) is 0 Å². The van der Waals surface area contributed by atoms with E-state index in [1.54, 1.807) is 32.2 Å². The lowest BCUT2D eigenvalue weighted by atomic mass is 9.98. The fourth-order valence-electron chi connectivity index (χ4n) is 3.53. The number of hydrazine groups is 1. The number of nitriles is 1. The Morgan fingerprint density at radius 1 is 1.25 bits per heavy atom. The lowest BCUT2D eigenvalue weighted by Gasteiger charge is -2.31. The van der Waals surface area contributed by atoms with Gasteiger partial charge in [-0.15, -0.1) is 16.7 Å². The maximum Gasteiger partial charge on any atom is 0.428 e. The van der Waals surface area contributed by atoms with Crippen molar-refractivity contribution < 1.29 is 31.1 Å². The van der Waals surface area contributed by atoms with Gasteiger partial charge in [0.2, 0.25) is 0 Å². The van der Waals surface area contributed by atoms with Gasteiger partial charge in [-0.1, -0.05) is 43.0 Å². The monoisotopic (exact) mass is 725 g/mol. The Morgan fingerprint density at radius 2 is 1.85 bits per heavy atom. The standard InChI is InChI=1S/C17H21ClF6N6O.C10H12ClN.C3H6N2/c1-4-5-6-13(18)10(2)30-12(9-31)7-11(27-30)8-29(26)28-14(25)16(20,21)15(3,19)17(22,23)24;1-4-8-6-9(11)5-7(2)10(8)12-3;1-5-3-2-4/h4-5,7,9,13H,2,6,8,26H2,1,3H3,(H2,25,28);4-6,12H,1H2,2-3H3;5H,3H2,1H3/b5-4-;;. The molecule has 6 N–H and O–H groups in total. The van der Waals surface area contributed by atoms with Gasteiger partial charge in [0.05, 0.1) is 35.9 Å². The summed E-state index contributed by atoms with van der Waals surface area (Å²) in [5.41, 5.74) is 3.41. The van der Waals surface area contributed by atoms with E-state index in [1.807, 2.05) is 32.2 Å². The van der Waals surface area contributed by atoms with Crippen molar-refractivity contribution in [1.29, 1.82) is 5.26 Å². The molecule has 0 aliphatic rings. The summed E-state index contributed by atoms with van der Waals surface area (Å²) >= 11 is 12.1. The number of amidine groups is 1. The summed E-state index contributed by atoms with van der Waals surface area (Å²) in [6.07, 6.45) is 0.190. The molecule has 0 spiro atoms. The highest BCUT2D eigenvalue weighted by molar-refractivity contribution is 6.31. The summed E-state index contributed by atoms with van der Waals surface area (Å²) in [4.78, 5) is 11.3. The van der Waals surface area contributed by atoms with Gasteiger partial charge in [-0.2, -0.15) is 32.3 Å². The fraction of sp³-hybridized carbons (Fsp3) is 0.400. The molecule has 18 heteroatoms. The number of alkyl halides is 7. The number of aryl methyl sites for hydroxylation is 1. The number of nitrogens with zero attached hydrogens (tertiary/aromatic N) is 5. The van der Waals surface area contributed by atoms with Gasteiger partial charge in [0, 0.05) is 17.8 Å². The third-order valence-corrected chi connectivity index (χ3v) is 6.83. The molecule has 1 heterocycles. The van der Waals surface area contributed by atoms with Gasteiger partial charge in [0.1, 0.15) is 5.69 Å². The average molecular weight is 727 g/mol. The van der Waals surface area contributed by atoms with Crippen LogP contribution in [-0.4, -0.2) is 70.8 Å². The van der Waals surface area contributed by atoms with E-state index in [1.165, 1.54) is 6.07 Å². The second-order valence-corrected chi connectivity index (χ2v) is 10.8. The molecule has 0 fully saturated rings. The minimum absolute atomic E-state index is 0.000604. The van der Waals surface area contributed by atoms with Crippen LogP contribution in [0.1, 0.15) is 47.6 Å². The largest absolute Gasteiger partial charge is 0.428 e. The van der Waals surface area contributed by atoms with Crippen LogP contribution in [0.4, 0.5) is 32.0 Å². The third kappa shape index (κ3) is 12.2. The minimum Gasteiger partial charge on any atom is -0.387 e. The Kier molecular flexibility index (Phi) is 18.0. The first-order valence-electron chi connectivity index (χ1n) is 13.8. The second kappa shape index (κ2) is 19.7. The number of benzene rings is 1. The Bertz CT molecular complexity index is 1480. The van der Waals surface area contributed by atoms with Gasteiger partial charge >= 0.3 is 12.1 Å². The van der Waals surface area contributed by atoms with Gasteiger partial charge in [0.25, 0.3) is 5.67 Å². The summed E-state index contributed by atoms with van der Waals surface area (Å²) in [6, 6.07) is 6.94. The van der Waals surface area contributed by atoms with E-state index >= 15 is 0 Å². The van der Waals surface area contributed by atoms with Crippen LogP contribution < -0.4 is 22.2 Å². The molecular weight excluding hydrogens is 687 g/mol. The zero-order valence-electron chi connectivity index (χ0n) is 27.0. The van der Waals surface area contributed by atoms with E-state index in [0.29, 0.717) is 19.3 Å². The Morgan fingerprint density at radius 3 is 2.29 bits per heavy atom. The number of halogens is 8. The third-order valence-electron chi connectivity index (χ3n) is 6.18. The molecule has 0 aliphatic carbocycles. The lowest BCUT2D eigenvalue weighted by molar-refractivity contribution is -0.276. The number of aromatic nitrogens is 2. The summed E-state index contributed by atoms with van der Waals surface area (Å²) in [7, 11) is 3.63. The minimum atomic E-state index is -5.92. The van der Waals surface area contributed by atoms with Crippen molar-refractivity contribution in [2.75, 3.05) is 26.0 Å². The SMILES string of the molecule is C=C(C(Cl)C/C=C\C)n1nc(CN(N)/N=C(\N)C(F)(F)C(C)(F)C(F)(F)F)cc1C=O.C=Cc1cc(Cl)cc(C)c1NC.CNCC#N. The first-order chi connectivity index (χ1) is 22.2. The molecule has 2 aromatic rings. The molecule has 0 bridgehead atoms. The van der Waals surface area contributed by atoms with Crippen LogP contribution in [-0.2, 0) is 6.54 Å². The molecule has 2 unspecified atom stereocenters. The first-order valence-corrected chi connectivity index (χ1v) is 14.6. The predicted octanol–water partition coefficient (Wildman–Crippen LogP) is 6.68. The lowest BCUT2D eigenvalue weighted by Crippen LogP contribution is -2.59. The maximum absolute atomic E-state index is 13.9. The summed E-state index contributed by atoms with van der Waals surface area (Å²) in [5.74, 6) is -1.81. The number of rotatable bonds is 13. The number of allylic oxidation sites excluding steroid dienone is 3. The molecule has 10 nitrogen and oxygen atoms in total. The van der Waals surface area contributed by atoms with Crippen LogP contribution in [0.3, 0.4) is 0 Å². The molecule has 48 heavy (non-hydrogen) atoms. The highest BCUT2D eigenvalue weighted by atomic mass is 35.5. The fourth-order valence-corrected chi connectivity index (χ4v) is 4.01. The topological polar surface area (TPSA) is 150 Å². The molecule has 0 radical (unpaired) electrons. The zero-order valence-corrected chi connectivity index (χ0v) is 28.5. The highest BCUT2D eigenvalue weighted by Gasteiger charge is 2.70. The van der Waals surface area contributed by atoms with E-state index < -0.39 is 35.5 Å². The maximum atomic E-state index is 13.9. The van der Waals surface area contributed by atoms with Gasteiger partial charge < -0.3 is 16.4 Å². The number of hydrogen-bond donors (Lipinski definition) is 4. The summed E-state index contributed by atoms with van der Waals surface area (Å²) in [6.45, 7) is 10.8. The number of aldehydes is 1. The van der Waals surface area contributed by atoms with E-state index in [-0.39, 0.29) is 29.1 Å². The molecule has 0 saturated carbocycles. The molecule has 1 aromatic heterocycles. The molecule has 266 valence electrons. The molecule has 1 aromatic carbocycles. The predicted molar refractivity (Wildman–Crippen MR) is 179 cm³/mol. The average Bonchev–Trinajstić information content (AvgIpc) is 3.41. The number of carbonyl (C=O) groups is 1. The van der Waals surface area contributed by atoms with Crippen LogP contribution >= 0.6 is 23.2 Å². The molecule has 2 atom stereocenters. The van der Waals surface area contributed by atoms with Crippen molar-refractivity contribution in [3.05, 3.63) is 71.0 Å². The van der Waals surface area contributed by atoms with E-state index in [9.17, 15) is 31.1 Å². The molecule has 0 amide bonds. The van der Waals surface area contributed by atoms with Crippen molar-refractivity contribution in [1.82, 2.24) is 20.2 Å². The van der Waals surface area contributed by atoms with Crippen LogP contribution in [0, 0.1) is 18.3 Å². The number of hydrazone groups is 1. The number of nitrogens with two attached hydrogens (primary N) is 2. The summed E-state index contributed by atoms with van der Waals surface area (Å²) < 4.78 is 80.3. The first kappa shape index (κ1) is 44.0. The zero-order chi connectivity index (χ0) is 37.5. The number of nitrogens with one attached hydrogen (secondary N) is 2. The molecule has 0 saturated heterocycles. The Labute approximate surface area is 285 Å². The van der Waals surface area contributed by atoms with E-state index in [0.717, 1.165) is 26.5 Å². The Hall–Kier alpha value is -4.04. The number of hydrogen-bond acceptors (Lipinski definition) is 8. The van der Waals surface area contributed by atoms with Crippen molar-refractivity contribution in [2.24, 2.45) is 16.7 Å². The normalized spacial score (nSPS) is 13.6. The van der Waals surface area contributed by atoms with Gasteiger partial charge in [-0.3, -0.25) is 4.79 Å².